The maximum atomic E-state index is 12.5. The van der Waals surface area contributed by atoms with Gasteiger partial charge in [-0.15, -0.1) is 5.10 Å². The lowest BCUT2D eigenvalue weighted by Gasteiger charge is -2.10. The second-order valence-corrected chi connectivity index (χ2v) is 6.25. The van der Waals surface area contributed by atoms with Gasteiger partial charge in [0, 0.05) is 6.20 Å². The molecule has 1 atom stereocenters. The van der Waals surface area contributed by atoms with Gasteiger partial charge in [-0.2, -0.15) is 5.11 Å². The lowest BCUT2D eigenvalue weighted by atomic mass is 10.1. The maximum absolute atomic E-state index is 12.5. The minimum atomic E-state index is -0.410. The Kier molecular flexibility index (Phi) is 3.95. The quantitative estimate of drug-likeness (QED) is 0.537. The summed E-state index contributed by atoms with van der Waals surface area (Å²) in [6, 6.07) is 14.4. The van der Waals surface area contributed by atoms with E-state index >= 15 is 0 Å². The van der Waals surface area contributed by atoms with E-state index in [0.717, 1.165) is 17.3 Å². The molecule has 1 aliphatic rings. The molecule has 4 rings (SSSR count). The van der Waals surface area contributed by atoms with Crippen molar-refractivity contribution in [3.05, 3.63) is 76.2 Å². The third kappa shape index (κ3) is 2.76. The molecular formula is C17H11N5O2S. The largest absolute Gasteiger partial charge is 0.298 e. The van der Waals surface area contributed by atoms with Crippen LogP contribution in [0, 0.1) is 0 Å². The molecule has 2 aromatic heterocycles. The van der Waals surface area contributed by atoms with Crippen molar-refractivity contribution in [1.29, 1.82) is 0 Å². The molecule has 122 valence electrons. The molecule has 0 saturated carbocycles. The maximum Gasteiger partial charge on any atom is 0.269 e. The number of thioether (sulfide) groups is 1. The molecule has 25 heavy (non-hydrogen) atoms. The SMILES string of the molecule is O=Cc1c(SC2=NN=N[C@@H]2c2ccccc2)nc2ccccn2c1=O. The van der Waals surface area contributed by atoms with Gasteiger partial charge in [0.15, 0.2) is 6.29 Å². The van der Waals surface area contributed by atoms with E-state index in [1.807, 2.05) is 30.3 Å². The van der Waals surface area contributed by atoms with Gasteiger partial charge in [-0.1, -0.05) is 36.4 Å². The van der Waals surface area contributed by atoms with Crippen LogP contribution in [0.3, 0.4) is 0 Å². The third-order valence-electron chi connectivity index (χ3n) is 3.71. The van der Waals surface area contributed by atoms with Gasteiger partial charge in [0.2, 0.25) is 0 Å². The Hall–Kier alpha value is -3.13. The van der Waals surface area contributed by atoms with E-state index in [1.165, 1.54) is 4.40 Å². The van der Waals surface area contributed by atoms with E-state index in [2.05, 4.69) is 20.4 Å². The number of benzene rings is 1. The number of rotatable bonds is 3. The number of pyridine rings is 1. The average Bonchev–Trinajstić information content (AvgIpc) is 3.11. The van der Waals surface area contributed by atoms with Crippen molar-refractivity contribution in [1.82, 2.24) is 9.38 Å². The standard InChI is InChI=1S/C17H11N5O2S/c23-10-12-15(18-13-8-4-5-9-22(13)17(12)24)25-16-14(19-21-20-16)11-6-2-1-3-7-11/h1-10,14H/t14-/m1/s1. The Morgan fingerprint density at radius 2 is 1.88 bits per heavy atom. The molecule has 0 amide bonds. The Morgan fingerprint density at radius 1 is 1.08 bits per heavy atom. The number of fused-ring (bicyclic) bond motifs is 1. The van der Waals surface area contributed by atoms with Crippen molar-refractivity contribution in [2.75, 3.05) is 0 Å². The van der Waals surface area contributed by atoms with E-state index in [-0.39, 0.29) is 11.6 Å². The number of aromatic nitrogens is 2. The van der Waals surface area contributed by atoms with E-state index in [0.29, 0.717) is 22.0 Å². The van der Waals surface area contributed by atoms with Crippen molar-refractivity contribution >= 4 is 28.7 Å². The molecule has 0 N–H and O–H groups in total. The molecular weight excluding hydrogens is 338 g/mol. The zero-order chi connectivity index (χ0) is 17.2. The van der Waals surface area contributed by atoms with Crippen molar-refractivity contribution in [3.8, 4) is 0 Å². The van der Waals surface area contributed by atoms with Crippen molar-refractivity contribution < 1.29 is 4.79 Å². The van der Waals surface area contributed by atoms with E-state index in [1.54, 1.807) is 24.4 Å². The van der Waals surface area contributed by atoms with Crippen molar-refractivity contribution in [2.24, 2.45) is 15.4 Å². The topological polar surface area (TPSA) is 88.5 Å². The highest BCUT2D eigenvalue weighted by molar-refractivity contribution is 8.14. The minimum Gasteiger partial charge on any atom is -0.298 e. The summed E-state index contributed by atoms with van der Waals surface area (Å²) in [7, 11) is 0. The normalized spacial score (nSPS) is 16.2. The van der Waals surface area contributed by atoms with Gasteiger partial charge in [-0.3, -0.25) is 14.0 Å². The first-order valence-corrected chi connectivity index (χ1v) is 8.26. The fourth-order valence-electron chi connectivity index (χ4n) is 2.51. The molecule has 3 heterocycles. The fraction of sp³-hybridized carbons (Fsp3) is 0.0588. The Labute approximate surface area is 146 Å². The van der Waals surface area contributed by atoms with Crippen LogP contribution in [0.15, 0.2) is 80.0 Å². The lowest BCUT2D eigenvalue weighted by Crippen LogP contribution is -2.21. The Morgan fingerprint density at radius 3 is 2.68 bits per heavy atom. The zero-order valence-electron chi connectivity index (χ0n) is 12.8. The van der Waals surface area contributed by atoms with Gasteiger partial charge in [-0.05, 0) is 34.7 Å². The van der Waals surface area contributed by atoms with Crippen LogP contribution in [0.4, 0.5) is 0 Å². The van der Waals surface area contributed by atoms with Gasteiger partial charge >= 0.3 is 0 Å². The molecule has 0 spiro atoms. The van der Waals surface area contributed by atoms with Crippen LogP contribution >= 0.6 is 11.8 Å². The average molecular weight is 349 g/mol. The fourth-order valence-corrected chi connectivity index (χ4v) is 3.46. The predicted octanol–water partition coefficient (Wildman–Crippen LogP) is 3.12. The monoisotopic (exact) mass is 349 g/mol. The Bertz CT molecular complexity index is 1080. The number of hydrogen-bond acceptors (Lipinski definition) is 7. The second-order valence-electron chi connectivity index (χ2n) is 5.24. The summed E-state index contributed by atoms with van der Waals surface area (Å²) >= 11 is 1.14. The molecule has 0 radical (unpaired) electrons. The van der Waals surface area contributed by atoms with Gasteiger partial charge in [-0.25, -0.2) is 4.98 Å². The van der Waals surface area contributed by atoms with Crippen LogP contribution < -0.4 is 5.56 Å². The summed E-state index contributed by atoms with van der Waals surface area (Å²) in [5.41, 5.74) is 0.978. The summed E-state index contributed by atoms with van der Waals surface area (Å²) in [6.45, 7) is 0. The number of hydrogen-bond donors (Lipinski definition) is 0. The molecule has 0 saturated heterocycles. The first-order chi connectivity index (χ1) is 12.3. The van der Waals surface area contributed by atoms with Gasteiger partial charge in [0.1, 0.15) is 27.3 Å². The van der Waals surface area contributed by atoms with Crippen LogP contribution in [0.5, 0.6) is 0 Å². The number of carbonyl (C=O) groups excluding carboxylic acids is 1. The van der Waals surface area contributed by atoms with Crippen molar-refractivity contribution in [3.63, 3.8) is 0 Å². The number of nitrogens with zero attached hydrogens (tertiary/aromatic N) is 5. The summed E-state index contributed by atoms with van der Waals surface area (Å²) in [6.07, 6.45) is 2.11. The van der Waals surface area contributed by atoms with Gasteiger partial charge in [0.05, 0.1) is 0 Å². The van der Waals surface area contributed by atoms with Gasteiger partial charge in [0.25, 0.3) is 5.56 Å². The molecule has 1 aliphatic heterocycles. The minimum absolute atomic E-state index is 0.00453. The summed E-state index contributed by atoms with van der Waals surface area (Å²) in [5, 5.41) is 12.8. The lowest BCUT2D eigenvalue weighted by molar-refractivity contribution is 0.111. The highest BCUT2D eigenvalue weighted by Gasteiger charge is 2.25. The molecule has 0 unspecified atom stereocenters. The Balaban J connectivity index is 1.76. The van der Waals surface area contributed by atoms with Crippen LogP contribution in [-0.4, -0.2) is 20.7 Å². The van der Waals surface area contributed by atoms with Crippen LogP contribution in [-0.2, 0) is 0 Å². The molecule has 7 nitrogen and oxygen atoms in total. The van der Waals surface area contributed by atoms with Crippen molar-refractivity contribution in [2.45, 2.75) is 11.1 Å². The molecule has 0 fully saturated rings. The highest BCUT2D eigenvalue weighted by Crippen LogP contribution is 2.33. The first-order valence-electron chi connectivity index (χ1n) is 7.45. The zero-order valence-corrected chi connectivity index (χ0v) is 13.6. The molecule has 8 heteroatoms. The molecule has 0 aliphatic carbocycles. The van der Waals surface area contributed by atoms with E-state index in [4.69, 9.17) is 0 Å². The third-order valence-corrected chi connectivity index (χ3v) is 4.73. The summed E-state index contributed by atoms with van der Waals surface area (Å²) in [5.74, 6) is 0. The number of carbonyl (C=O) groups is 1. The van der Waals surface area contributed by atoms with Crippen LogP contribution in [0.25, 0.3) is 5.65 Å². The summed E-state index contributed by atoms with van der Waals surface area (Å²) < 4.78 is 1.34. The molecule has 3 aromatic rings. The molecule has 0 bridgehead atoms. The first kappa shape index (κ1) is 15.4. The highest BCUT2D eigenvalue weighted by atomic mass is 32.2. The second kappa shape index (κ2) is 6.40. The van der Waals surface area contributed by atoms with Crippen LogP contribution in [0.2, 0.25) is 0 Å². The summed E-state index contributed by atoms with van der Waals surface area (Å²) in [4.78, 5) is 28.4. The van der Waals surface area contributed by atoms with E-state index in [9.17, 15) is 9.59 Å². The number of aldehydes is 1. The van der Waals surface area contributed by atoms with Crippen LogP contribution in [0.1, 0.15) is 22.0 Å². The van der Waals surface area contributed by atoms with Gasteiger partial charge < -0.3 is 0 Å². The van der Waals surface area contributed by atoms with E-state index < -0.39 is 5.56 Å². The predicted molar refractivity (Wildman–Crippen MR) is 94.2 cm³/mol. The smallest absolute Gasteiger partial charge is 0.269 e. The molecule has 1 aromatic carbocycles.